The van der Waals surface area contributed by atoms with Gasteiger partial charge in [-0.05, 0) is 77.0 Å². The average molecular weight is 1020 g/mol. The second-order valence-corrected chi connectivity index (χ2v) is 20.6. The van der Waals surface area contributed by atoms with Gasteiger partial charge in [0.25, 0.3) is 0 Å². The smallest absolute Gasteiger partial charge is 0.306 e. The first-order valence-electron chi connectivity index (χ1n) is 31.1. The van der Waals surface area contributed by atoms with Crippen LogP contribution in [-0.2, 0) is 28.6 Å². The minimum atomic E-state index is -0.771. The third kappa shape index (κ3) is 59.3. The Morgan fingerprint density at radius 1 is 0.288 bits per heavy atom. The molecule has 0 rings (SSSR count). The molecule has 0 heterocycles. The highest BCUT2D eigenvalue weighted by Gasteiger charge is 2.19. The van der Waals surface area contributed by atoms with Crippen molar-refractivity contribution < 1.29 is 28.6 Å². The Labute approximate surface area is 452 Å². The predicted molar refractivity (Wildman–Crippen MR) is 316 cm³/mol. The zero-order chi connectivity index (χ0) is 52.9. The van der Waals surface area contributed by atoms with E-state index in [2.05, 4.69) is 106 Å². The second kappa shape index (κ2) is 61.1. The van der Waals surface area contributed by atoms with E-state index in [9.17, 15) is 14.4 Å². The molecule has 6 heteroatoms. The van der Waals surface area contributed by atoms with Crippen LogP contribution in [0.3, 0.4) is 0 Å². The molecule has 420 valence electrons. The van der Waals surface area contributed by atoms with E-state index in [1.807, 2.05) is 0 Å². The van der Waals surface area contributed by atoms with Crippen molar-refractivity contribution in [1.29, 1.82) is 0 Å². The van der Waals surface area contributed by atoms with Crippen LogP contribution in [0.25, 0.3) is 0 Å². The molecule has 0 aromatic carbocycles. The van der Waals surface area contributed by atoms with Gasteiger partial charge in [-0.25, -0.2) is 0 Å². The lowest BCUT2D eigenvalue weighted by atomic mass is 10.0. The summed E-state index contributed by atoms with van der Waals surface area (Å²) in [6.07, 6.45) is 80.3. The predicted octanol–water partition coefficient (Wildman–Crippen LogP) is 21.1. The fourth-order valence-corrected chi connectivity index (χ4v) is 8.78. The van der Waals surface area contributed by atoms with E-state index < -0.39 is 6.10 Å². The van der Waals surface area contributed by atoms with Crippen molar-refractivity contribution in [2.24, 2.45) is 0 Å². The van der Waals surface area contributed by atoms with Gasteiger partial charge in [-0.15, -0.1) is 0 Å². The summed E-state index contributed by atoms with van der Waals surface area (Å²) < 4.78 is 16.8. The SMILES string of the molecule is CC/C=C\C/C=C\C/C=C\C/C=C\C/C=C\C/C=C\C/C=C\CCCCCCCCCCCCCC(=O)OCC(COC(=O)CCCCCCCCCC)OC(=O)CCCCCCCCCCCCCCCC. The molecular formula is C67H116O6. The first-order valence-corrected chi connectivity index (χ1v) is 31.1. The monoisotopic (exact) mass is 1020 g/mol. The molecule has 1 atom stereocenters. The first kappa shape index (κ1) is 69.6. The quantitative estimate of drug-likeness (QED) is 0.0261. The summed E-state index contributed by atoms with van der Waals surface area (Å²) in [5.41, 5.74) is 0. The minimum absolute atomic E-state index is 0.0722. The maximum Gasteiger partial charge on any atom is 0.306 e. The van der Waals surface area contributed by atoms with E-state index in [0.717, 1.165) is 103 Å². The number of allylic oxidation sites excluding steroid dienone is 14. The van der Waals surface area contributed by atoms with Crippen molar-refractivity contribution in [3.05, 3.63) is 85.1 Å². The van der Waals surface area contributed by atoms with Gasteiger partial charge in [-0.1, -0.05) is 292 Å². The largest absolute Gasteiger partial charge is 0.462 e. The molecule has 0 radical (unpaired) electrons. The third-order valence-corrected chi connectivity index (χ3v) is 13.4. The molecule has 0 fully saturated rings. The Bertz CT molecular complexity index is 1400. The molecule has 1 unspecified atom stereocenters. The first-order chi connectivity index (χ1) is 36.0. The maximum atomic E-state index is 12.8. The van der Waals surface area contributed by atoms with Crippen LogP contribution < -0.4 is 0 Å². The van der Waals surface area contributed by atoms with E-state index in [-0.39, 0.29) is 31.1 Å². The number of unbranched alkanes of at least 4 members (excludes halogenated alkanes) is 31. The summed E-state index contributed by atoms with van der Waals surface area (Å²) in [5.74, 6) is -0.869. The van der Waals surface area contributed by atoms with Crippen molar-refractivity contribution in [2.75, 3.05) is 13.2 Å². The van der Waals surface area contributed by atoms with Gasteiger partial charge >= 0.3 is 17.9 Å². The number of carbonyl (C=O) groups is 3. The molecule has 0 bridgehead atoms. The summed E-state index contributed by atoms with van der Waals surface area (Å²) in [6.45, 7) is 6.52. The van der Waals surface area contributed by atoms with Crippen LogP contribution in [-0.4, -0.2) is 37.2 Å². The minimum Gasteiger partial charge on any atom is -0.462 e. The molecule has 0 aliphatic rings. The van der Waals surface area contributed by atoms with Gasteiger partial charge in [0.1, 0.15) is 13.2 Å². The van der Waals surface area contributed by atoms with Gasteiger partial charge < -0.3 is 14.2 Å². The summed E-state index contributed by atoms with van der Waals surface area (Å²) in [5, 5.41) is 0. The van der Waals surface area contributed by atoms with Crippen LogP contribution in [0.2, 0.25) is 0 Å². The standard InChI is InChI=1S/C67H116O6/c1-4-7-10-13-16-19-21-23-25-26-27-28-29-30-31-32-33-34-35-36-37-38-39-40-41-42-43-45-46-48-51-54-57-60-66(69)72-63-64(62-71-65(68)59-56-53-50-18-15-12-9-6-3)73-67(70)61-58-55-52-49-47-44-24-22-20-17-14-11-8-5-2/h7,10,16,19,23,25,27-28,30-31,33-34,36-37,64H,4-6,8-9,11-15,17-18,20-22,24,26,29,32,35,38-63H2,1-3H3/b10-7-,19-16-,25-23-,28-27-,31-30-,34-33-,37-36-. The Kier molecular flexibility index (Phi) is 58.3. The van der Waals surface area contributed by atoms with Gasteiger partial charge in [-0.2, -0.15) is 0 Å². The van der Waals surface area contributed by atoms with Gasteiger partial charge in [0, 0.05) is 19.3 Å². The van der Waals surface area contributed by atoms with Gasteiger partial charge in [-0.3, -0.25) is 14.4 Å². The third-order valence-electron chi connectivity index (χ3n) is 13.4. The van der Waals surface area contributed by atoms with Crippen molar-refractivity contribution in [3.63, 3.8) is 0 Å². The maximum absolute atomic E-state index is 12.8. The highest BCUT2D eigenvalue weighted by atomic mass is 16.6. The highest BCUT2D eigenvalue weighted by molar-refractivity contribution is 5.71. The lowest BCUT2D eigenvalue weighted by molar-refractivity contribution is -0.167. The van der Waals surface area contributed by atoms with Crippen molar-refractivity contribution >= 4 is 17.9 Å². The van der Waals surface area contributed by atoms with Crippen LogP contribution in [0.4, 0.5) is 0 Å². The van der Waals surface area contributed by atoms with Crippen LogP contribution in [0.5, 0.6) is 0 Å². The molecule has 0 amide bonds. The van der Waals surface area contributed by atoms with Crippen molar-refractivity contribution in [2.45, 2.75) is 309 Å². The number of hydrogen-bond acceptors (Lipinski definition) is 6. The van der Waals surface area contributed by atoms with Crippen LogP contribution in [0.15, 0.2) is 85.1 Å². The molecule has 0 saturated heterocycles. The van der Waals surface area contributed by atoms with Crippen LogP contribution >= 0.6 is 0 Å². The number of rotatable bonds is 56. The molecule has 0 aromatic rings. The molecule has 6 nitrogen and oxygen atoms in total. The van der Waals surface area contributed by atoms with E-state index in [1.165, 1.54) is 161 Å². The normalized spacial score (nSPS) is 12.6. The van der Waals surface area contributed by atoms with Crippen LogP contribution in [0.1, 0.15) is 303 Å². The summed E-state index contributed by atoms with van der Waals surface area (Å²) in [6, 6.07) is 0. The molecule has 0 aliphatic heterocycles. The number of carbonyl (C=O) groups excluding carboxylic acids is 3. The van der Waals surface area contributed by atoms with E-state index in [0.29, 0.717) is 19.3 Å². The average Bonchev–Trinajstić information content (AvgIpc) is 3.39. The topological polar surface area (TPSA) is 78.9 Å². The summed E-state index contributed by atoms with van der Waals surface area (Å²) in [4.78, 5) is 38.0. The van der Waals surface area contributed by atoms with Crippen molar-refractivity contribution in [1.82, 2.24) is 0 Å². The summed E-state index contributed by atoms with van der Waals surface area (Å²) >= 11 is 0. The molecular weight excluding hydrogens is 901 g/mol. The number of hydrogen-bond donors (Lipinski definition) is 0. The number of esters is 3. The van der Waals surface area contributed by atoms with Gasteiger partial charge in [0.05, 0.1) is 0 Å². The fourth-order valence-electron chi connectivity index (χ4n) is 8.78. The Morgan fingerprint density at radius 3 is 0.836 bits per heavy atom. The molecule has 0 saturated carbocycles. The molecule has 0 spiro atoms. The second-order valence-electron chi connectivity index (χ2n) is 20.6. The fraction of sp³-hybridized carbons (Fsp3) is 0.746. The van der Waals surface area contributed by atoms with E-state index in [4.69, 9.17) is 14.2 Å². The molecule has 0 aliphatic carbocycles. The Morgan fingerprint density at radius 2 is 0.534 bits per heavy atom. The molecule has 0 aromatic heterocycles. The molecule has 73 heavy (non-hydrogen) atoms. The summed E-state index contributed by atoms with van der Waals surface area (Å²) in [7, 11) is 0. The lowest BCUT2D eigenvalue weighted by Gasteiger charge is -2.18. The Balaban J connectivity index is 4.09. The molecule has 0 N–H and O–H groups in total. The lowest BCUT2D eigenvalue weighted by Crippen LogP contribution is -2.30. The number of ether oxygens (including phenoxy) is 3. The highest BCUT2D eigenvalue weighted by Crippen LogP contribution is 2.16. The van der Waals surface area contributed by atoms with Crippen LogP contribution in [0, 0.1) is 0 Å². The Hall–Kier alpha value is -3.41. The van der Waals surface area contributed by atoms with E-state index >= 15 is 0 Å². The zero-order valence-electron chi connectivity index (χ0n) is 48.1. The van der Waals surface area contributed by atoms with Gasteiger partial charge in [0.15, 0.2) is 6.10 Å². The van der Waals surface area contributed by atoms with Crippen molar-refractivity contribution in [3.8, 4) is 0 Å². The van der Waals surface area contributed by atoms with E-state index in [1.54, 1.807) is 0 Å². The zero-order valence-corrected chi connectivity index (χ0v) is 48.1. The van der Waals surface area contributed by atoms with Gasteiger partial charge in [0.2, 0.25) is 0 Å².